The molecule has 1 fully saturated rings. The van der Waals surface area contributed by atoms with Crippen LogP contribution < -0.4 is 10.1 Å². The molecule has 0 bridgehead atoms. The molecule has 2 aromatic carbocycles. The molecular weight excluding hydrogens is 465 g/mol. The van der Waals surface area contributed by atoms with Crippen molar-refractivity contribution in [1.82, 2.24) is 24.3 Å². The molecule has 0 aliphatic heterocycles. The first-order chi connectivity index (χ1) is 18.0. The van der Waals surface area contributed by atoms with Crippen molar-refractivity contribution >= 4 is 16.6 Å². The van der Waals surface area contributed by atoms with E-state index in [4.69, 9.17) is 15.8 Å². The normalized spacial score (nSPS) is 14.8. The first-order valence-electron chi connectivity index (χ1n) is 12.4. The Balaban J connectivity index is 1.47. The van der Waals surface area contributed by atoms with Gasteiger partial charge in [-0.25, -0.2) is 9.37 Å². The van der Waals surface area contributed by atoms with E-state index in [0.717, 1.165) is 63.3 Å². The summed E-state index contributed by atoms with van der Waals surface area (Å²) in [6.45, 7) is 0. The van der Waals surface area contributed by atoms with Crippen LogP contribution in [0.15, 0.2) is 85.6 Å². The van der Waals surface area contributed by atoms with Gasteiger partial charge >= 0.3 is 5.82 Å². The Kier molecular flexibility index (Phi) is 4.74. The standard InChI is InChI=1S/C29H25FN7/c1-35-17-26(33-18-35)27-34-37(23-9-5-21(6-10-23)29(31)12-2-13-29)28-24-15-20(19-3-7-22(30)8-4-19)16-32-25(24)11-14-36(27)28/h3-11,14-18H,2,12-13,31H2,1H3/q+1. The lowest BCUT2D eigenvalue weighted by Crippen LogP contribution is -2.43. The van der Waals surface area contributed by atoms with Crippen molar-refractivity contribution in [2.45, 2.75) is 24.8 Å². The summed E-state index contributed by atoms with van der Waals surface area (Å²) in [6, 6.07) is 18.9. The van der Waals surface area contributed by atoms with Gasteiger partial charge in [0.15, 0.2) is 5.69 Å². The van der Waals surface area contributed by atoms with Crippen molar-refractivity contribution in [2.24, 2.45) is 12.8 Å². The molecule has 6 aromatic rings. The number of pyridine rings is 2. The van der Waals surface area contributed by atoms with Crippen LogP contribution in [0.25, 0.3) is 44.9 Å². The van der Waals surface area contributed by atoms with Gasteiger partial charge in [0, 0.05) is 30.5 Å². The predicted molar refractivity (Wildman–Crippen MR) is 139 cm³/mol. The smallest absolute Gasteiger partial charge is 0.334 e. The molecule has 0 spiro atoms. The Labute approximate surface area is 212 Å². The summed E-state index contributed by atoms with van der Waals surface area (Å²) in [6.07, 6.45) is 10.7. The summed E-state index contributed by atoms with van der Waals surface area (Å²) in [7, 11) is 1.94. The first-order valence-corrected chi connectivity index (χ1v) is 12.4. The van der Waals surface area contributed by atoms with Crippen molar-refractivity contribution in [3.8, 4) is 28.3 Å². The first kappa shape index (κ1) is 21.8. The fourth-order valence-corrected chi connectivity index (χ4v) is 5.17. The van der Waals surface area contributed by atoms with Crippen LogP contribution >= 0.6 is 0 Å². The number of rotatable bonds is 4. The van der Waals surface area contributed by atoms with Crippen LogP contribution in [-0.4, -0.2) is 24.3 Å². The van der Waals surface area contributed by atoms with Crippen LogP contribution in [-0.2, 0) is 12.6 Å². The Hall–Kier alpha value is -4.43. The maximum absolute atomic E-state index is 13.6. The number of aryl methyl sites for hydroxylation is 1. The molecule has 1 aliphatic rings. The SMILES string of the molecule is Cn1cnc(-c2nn(-c3ccc(C4(N)CCC4)cc3)c3c4cc(-c5ccc(F)cc5)cnc4cc[n+]23)c1. The fraction of sp³-hybridized carbons (Fsp3) is 0.172. The van der Waals surface area contributed by atoms with Gasteiger partial charge in [-0.3, -0.25) is 4.98 Å². The Morgan fingerprint density at radius 3 is 2.43 bits per heavy atom. The van der Waals surface area contributed by atoms with Crippen LogP contribution in [0.3, 0.4) is 0 Å². The molecule has 7 nitrogen and oxygen atoms in total. The largest absolute Gasteiger partial charge is 0.340 e. The van der Waals surface area contributed by atoms with Crippen LogP contribution in [0.5, 0.6) is 0 Å². The molecule has 1 aliphatic carbocycles. The van der Waals surface area contributed by atoms with Gasteiger partial charge < -0.3 is 10.3 Å². The van der Waals surface area contributed by atoms with E-state index in [1.54, 1.807) is 18.5 Å². The number of nitrogens with two attached hydrogens (primary N) is 1. The minimum Gasteiger partial charge on any atom is -0.340 e. The summed E-state index contributed by atoms with van der Waals surface area (Å²) in [5, 5.41) is 5.96. The highest BCUT2D eigenvalue weighted by Crippen LogP contribution is 2.39. The number of benzene rings is 2. The summed E-state index contributed by atoms with van der Waals surface area (Å²) in [5.74, 6) is 0.459. The maximum atomic E-state index is 13.6. The van der Waals surface area contributed by atoms with Gasteiger partial charge in [-0.2, -0.15) is 4.40 Å². The van der Waals surface area contributed by atoms with Crippen LogP contribution in [0.1, 0.15) is 24.8 Å². The summed E-state index contributed by atoms with van der Waals surface area (Å²) in [4.78, 5) is 9.29. The van der Waals surface area contributed by atoms with E-state index < -0.39 is 0 Å². The highest BCUT2D eigenvalue weighted by molar-refractivity contribution is 5.93. The van der Waals surface area contributed by atoms with Crippen LogP contribution in [0.2, 0.25) is 0 Å². The molecule has 0 radical (unpaired) electrons. The second-order valence-electron chi connectivity index (χ2n) is 9.89. The topological polar surface area (TPSA) is 78.6 Å². The van der Waals surface area contributed by atoms with Crippen LogP contribution in [0, 0.1) is 5.82 Å². The zero-order valence-corrected chi connectivity index (χ0v) is 20.3. The molecule has 4 aromatic heterocycles. The number of fused-ring (bicyclic) bond motifs is 3. The number of aromatic nitrogens is 6. The van der Waals surface area contributed by atoms with E-state index in [-0.39, 0.29) is 11.4 Å². The molecule has 0 unspecified atom stereocenters. The van der Waals surface area contributed by atoms with Gasteiger partial charge in [0.1, 0.15) is 11.5 Å². The average Bonchev–Trinajstić information content (AvgIpc) is 3.51. The zero-order valence-electron chi connectivity index (χ0n) is 20.3. The van der Waals surface area contributed by atoms with Gasteiger partial charge in [-0.1, -0.05) is 28.9 Å². The fourth-order valence-electron chi connectivity index (χ4n) is 5.17. The summed E-state index contributed by atoms with van der Waals surface area (Å²) < 4.78 is 19.4. The third-order valence-corrected chi connectivity index (χ3v) is 7.44. The number of imidazole rings is 1. The number of nitrogens with zero attached hydrogens (tertiary/aromatic N) is 6. The van der Waals surface area contributed by atoms with Crippen molar-refractivity contribution in [1.29, 1.82) is 0 Å². The predicted octanol–water partition coefficient (Wildman–Crippen LogP) is 4.70. The molecule has 2 N–H and O–H groups in total. The van der Waals surface area contributed by atoms with Gasteiger partial charge in [-0.15, -0.1) is 0 Å². The molecular formula is C29H25FN7+. The van der Waals surface area contributed by atoms with Gasteiger partial charge in [0.25, 0.3) is 5.65 Å². The minimum absolute atomic E-state index is 0.223. The quantitative estimate of drug-likeness (QED) is 0.363. The minimum atomic E-state index is -0.266. The molecule has 4 heterocycles. The molecule has 182 valence electrons. The highest BCUT2D eigenvalue weighted by Gasteiger charge is 2.34. The lowest BCUT2D eigenvalue weighted by molar-refractivity contribution is -0.498. The maximum Gasteiger partial charge on any atom is 0.334 e. The van der Waals surface area contributed by atoms with Crippen LogP contribution in [0.4, 0.5) is 4.39 Å². The summed E-state index contributed by atoms with van der Waals surface area (Å²) in [5.41, 5.74) is 12.7. The third kappa shape index (κ3) is 3.52. The Morgan fingerprint density at radius 1 is 0.973 bits per heavy atom. The summed E-state index contributed by atoms with van der Waals surface area (Å²) >= 11 is 0. The number of hydrogen-bond donors (Lipinski definition) is 1. The Morgan fingerprint density at radius 2 is 1.76 bits per heavy atom. The molecule has 1 saturated carbocycles. The Bertz CT molecular complexity index is 1780. The number of hydrogen-bond acceptors (Lipinski definition) is 4. The van der Waals surface area contributed by atoms with E-state index in [2.05, 4.69) is 35.3 Å². The second-order valence-corrected chi connectivity index (χ2v) is 9.89. The average molecular weight is 491 g/mol. The van der Waals surface area contributed by atoms with E-state index in [0.29, 0.717) is 0 Å². The molecule has 7 rings (SSSR count). The number of halogens is 1. The molecule has 37 heavy (non-hydrogen) atoms. The van der Waals surface area contributed by atoms with Crippen molar-refractivity contribution in [3.05, 3.63) is 97.0 Å². The van der Waals surface area contributed by atoms with E-state index in [9.17, 15) is 4.39 Å². The highest BCUT2D eigenvalue weighted by atomic mass is 19.1. The van der Waals surface area contributed by atoms with Crippen molar-refractivity contribution in [2.75, 3.05) is 0 Å². The molecule has 0 amide bonds. The third-order valence-electron chi connectivity index (χ3n) is 7.44. The van der Waals surface area contributed by atoms with E-state index in [1.807, 2.05) is 45.4 Å². The van der Waals surface area contributed by atoms with Gasteiger partial charge in [0.05, 0.1) is 28.5 Å². The molecule has 0 saturated heterocycles. The van der Waals surface area contributed by atoms with Crippen molar-refractivity contribution in [3.63, 3.8) is 0 Å². The zero-order chi connectivity index (χ0) is 25.1. The van der Waals surface area contributed by atoms with E-state index >= 15 is 0 Å². The monoisotopic (exact) mass is 490 g/mol. The van der Waals surface area contributed by atoms with E-state index in [1.165, 1.54) is 18.6 Å². The second kappa shape index (κ2) is 8.04. The lowest BCUT2D eigenvalue weighted by Gasteiger charge is -2.38. The lowest BCUT2D eigenvalue weighted by atomic mass is 9.73. The molecule has 0 atom stereocenters. The van der Waals surface area contributed by atoms with Crippen molar-refractivity contribution < 1.29 is 8.79 Å². The van der Waals surface area contributed by atoms with Gasteiger partial charge in [0.2, 0.25) is 0 Å². The van der Waals surface area contributed by atoms with Gasteiger partial charge in [-0.05, 0) is 66.8 Å². The molecule has 8 heteroatoms.